The molecule has 0 aromatic heterocycles. The first kappa shape index (κ1) is 13.5. The number of benzene rings is 1. The summed E-state index contributed by atoms with van der Waals surface area (Å²) in [6.07, 6.45) is -4.89. The van der Waals surface area contributed by atoms with Gasteiger partial charge >= 0.3 is 12.1 Å². The van der Waals surface area contributed by atoms with Crippen molar-refractivity contribution in [2.24, 2.45) is 0 Å². The number of carboxylic acids is 1. The maximum Gasteiger partial charge on any atom is 0.416 e. The number of carboxylic acid groups (broad SMARTS) is 1. The Morgan fingerprint density at radius 3 is 2.53 bits per heavy atom. The monoisotopic (exact) mass is 247 g/mol. The zero-order chi connectivity index (χ0) is 13.1. The summed E-state index contributed by atoms with van der Waals surface area (Å²) in [5, 5.41) is 11.3. The third kappa shape index (κ3) is 3.45. The van der Waals surface area contributed by atoms with E-state index in [9.17, 15) is 18.0 Å². The third-order valence-electron chi connectivity index (χ3n) is 2.27. The molecule has 0 fully saturated rings. The lowest BCUT2D eigenvalue weighted by atomic mass is 9.98. The predicted molar refractivity (Wildman–Crippen MR) is 55.5 cm³/mol. The second-order valence-electron chi connectivity index (χ2n) is 3.54. The summed E-state index contributed by atoms with van der Waals surface area (Å²) in [6, 6.07) is 3.58. The van der Waals surface area contributed by atoms with Crippen LogP contribution in [0.2, 0.25) is 0 Å². The molecule has 1 rings (SSSR count). The molecular weight excluding hydrogens is 235 g/mol. The van der Waals surface area contributed by atoms with Crippen molar-refractivity contribution in [2.45, 2.75) is 19.1 Å². The van der Waals surface area contributed by atoms with Gasteiger partial charge < -0.3 is 10.4 Å². The van der Waals surface area contributed by atoms with Gasteiger partial charge in [0.15, 0.2) is 0 Å². The standard InChI is InChI=1S/C11H12F3NO2/c1-15-6-8-7(5-10(16)17)3-2-4-9(8)11(12,13)14/h2-4,15H,5-6H2,1H3,(H,16,17). The van der Waals surface area contributed by atoms with Gasteiger partial charge in [-0.15, -0.1) is 0 Å². The Balaban J connectivity index is 3.26. The van der Waals surface area contributed by atoms with Crippen LogP contribution < -0.4 is 5.32 Å². The molecule has 0 bridgehead atoms. The van der Waals surface area contributed by atoms with Crippen LogP contribution in [0.15, 0.2) is 18.2 Å². The van der Waals surface area contributed by atoms with Crippen LogP contribution >= 0.6 is 0 Å². The van der Waals surface area contributed by atoms with Gasteiger partial charge in [-0.1, -0.05) is 12.1 Å². The Kier molecular flexibility index (Phi) is 4.11. The minimum absolute atomic E-state index is 0.00935. The summed E-state index contributed by atoms with van der Waals surface area (Å²) in [5.41, 5.74) is -0.614. The van der Waals surface area contributed by atoms with Crippen LogP contribution in [0.4, 0.5) is 13.2 Å². The van der Waals surface area contributed by atoms with Gasteiger partial charge in [0.05, 0.1) is 12.0 Å². The van der Waals surface area contributed by atoms with Gasteiger partial charge in [-0.2, -0.15) is 13.2 Å². The zero-order valence-corrected chi connectivity index (χ0v) is 9.14. The van der Waals surface area contributed by atoms with Crippen molar-refractivity contribution in [3.63, 3.8) is 0 Å². The Morgan fingerprint density at radius 2 is 2.06 bits per heavy atom. The number of rotatable bonds is 4. The molecule has 0 atom stereocenters. The minimum atomic E-state index is -4.47. The van der Waals surface area contributed by atoms with E-state index >= 15 is 0 Å². The smallest absolute Gasteiger partial charge is 0.416 e. The molecular formula is C11H12F3NO2. The first-order valence-electron chi connectivity index (χ1n) is 4.90. The largest absolute Gasteiger partial charge is 0.481 e. The van der Waals surface area contributed by atoms with Crippen LogP contribution in [0.3, 0.4) is 0 Å². The average Bonchev–Trinajstić information content (AvgIpc) is 2.18. The summed E-state index contributed by atoms with van der Waals surface area (Å²) in [5.74, 6) is -1.15. The number of hydrogen-bond donors (Lipinski definition) is 2. The van der Waals surface area contributed by atoms with E-state index in [1.807, 2.05) is 0 Å². The molecule has 0 spiro atoms. The van der Waals surface area contributed by atoms with E-state index < -0.39 is 24.1 Å². The molecule has 0 unspecified atom stereocenters. The van der Waals surface area contributed by atoms with Gasteiger partial charge in [0.2, 0.25) is 0 Å². The molecule has 1 aromatic rings. The molecule has 0 aliphatic heterocycles. The number of alkyl halides is 3. The van der Waals surface area contributed by atoms with Crippen molar-refractivity contribution < 1.29 is 23.1 Å². The topological polar surface area (TPSA) is 49.3 Å². The van der Waals surface area contributed by atoms with Crippen molar-refractivity contribution in [1.82, 2.24) is 5.32 Å². The van der Waals surface area contributed by atoms with Gasteiger partial charge in [-0.05, 0) is 24.2 Å². The molecule has 0 radical (unpaired) electrons. The molecule has 1 aromatic carbocycles. The maximum absolute atomic E-state index is 12.7. The molecule has 0 saturated carbocycles. The van der Waals surface area contributed by atoms with Gasteiger partial charge in [-0.3, -0.25) is 4.79 Å². The number of nitrogens with one attached hydrogen (secondary N) is 1. The predicted octanol–water partition coefficient (Wildman–Crippen LogP) is 2.05. The van der Waals surface area contributed by atoms with Crippen LogP contribution in [-0.2, 0) is 23.9 Å². The van der Waals surface area contributed by atoms with E-state index in [2.05, 4.69) is 5.32 Å². The quantitative estimate of drug-likeness (QED) is 0.856. The van der Waals surface area contributed by atoms with Crippen molar-refractivity contribution in [1.29, 1.82) is 0 Å². The lowest BCUT2D eigenvalue weighted by Crippen LogP contribution is -2.17. The lowest BCUT2D eigenvalue weighted by molar-refractivity contribution is -0.139. The minimum Gasteiger partial charge on any atom is -0.481 e. The van der Waals surface area contributed by atoms with E-state index in [1.165, 1.54) is 19.2 Å². The summed E-state index contributed by atoms with van der Waals surface area (Å²) < 4.78 is 38.1. The maximum atomic E-state index is 12.7. The van der Waals surface area contributed by atoms with Gasteiger partial charge in [0.1, 0.15) is 0 Å². The zero-order valence-electron chi connectivity index (χ0n) is 9.14. The molecule has 94 valence electrons. The Labute approximate surface area is 96.3 Å². The molecule has 3 nitrogen and oxygen atoms in total. The second-order valence-corrected chi connectivity index (χ2v) is 3.54. The van der Waals surface area contributed by atoms with Crippen LogP contribution in [0.25, 0.3) is 0 Å². The average molecular weight is 247 g/mol. The molecule has 0 heterocycles. The molecule has 6 heteroatoms. The number of halogens is 3. The van der Waals surface area contributed by atoms with Crippen LogP contribution in [0.1, 0.15) is 16.7 Å². The molecule has 2 N–H and O–H groups in total. The van der Waals surface area contributed by atoms with E-state index in [0.29, 0.717) is 0 Å². The lowest BCUT2D eigenvalue weighted by Gasteiger charge is -2.15. The van der Waals surface area contributed by atoms with E-state index in [1.54, 1.807) is 0 Å². The Bertz CT molecular complexity index is 416. The molecule has 0 saturated heterocycles. The molecule has 0 aliphatic rings. The fourth-order valence-electron chi connectivity index (χ4n) is 1.61. The number of carbonyl (C=O) groups is 1. The Morgan fingerprint density at radius 1 is 1.41 bits per heavy atom. The van der Waals surface area contributed by atoms with Crippen molar-refractivity contribution >= 4 is 5.97 Å². The van der Waals surface area contributed by atoms with Crippen LogP contribution in [0.5, 0.6) is 0 Å². The van der Waals surface area contributed by atoms with Gasteiger partial charge in [0.25, 0.3) is 0 Å². The van der Waals surface area contributed by atoms with Crippen LogP contribution in [0, 0.1) is 0 Å². The highest BCUT2D eigenvalue weighted by atomic mass is 19.4. The first-order valence-corrected chi connectivity index (χ1v) is 4.90. The van der Waals surface area contributed by atoms with Crippen molar-refractivity contribution in [3.05, 3.63) is 34.9 Å². The summed E-state index contributed by atoms with van der Waals surface area (Å²) in [6.45, 7) is -0.0156. The number of aliphatic carboxylic acids is 1. The fourth-order valence-corrected chi connectivity index (χ4v) is 1.61. The third-order valence-corrected chi connectivity index (χ3v) is 2.27. The SMILES string of the molecule is CNCc1c(CC(=O)O)cccc1C(F)(F)F. The highest BCUT2D eigenvalue weighted by Crippen LogP contribution is 2.33. The van der Waals surface area contributed by atoms with Gasteiger partial charge in [-0.25, -0.2) is 0 Å². The normalized spacial score (nSPS) is 11.5. The molecule has 0 aliphatic carbocycles. The van der Waals surface area contributed by atoms with Crippen LogP contribution in [-0.4, -0.2) is 18.1 Å². The first-order chi connectivity index (χ1) is 7.86. The summed E-state index contributed by atoms with van der Waals surface area (Å²) >= 11 is 0. The summed E-state index contributed by atoms with van der Waals surface area (Å²) in [4.78, 5) is 10.6. The fraction of sp³-hybridized carbons (Fsp3) is 0.364. The van der Waals surface area contributed by atoms with E-state index in [-0.39, 0.29) is 17.7 Å². The summed E-state index contributed by atoms with van der Waals surface area (Å²) in [7, 11) is 1.51. The van der Waals surface area contributed by atoms with Gasteiger partial charge in [0, 0.05) is 6.54 Å². The highest BCUT2D eigenvalue weighted by Gasteiger charge is 2.33. The van der Waals surface area contributed by atoms with Crippen molar-refractivity contribution in [3.8, 4) is 0 Å². The second kappa shape index (κ2) is 5.18. The highest BCUT2D eigenvalue weighted by molar-refractivity contribution is 5.71. The van der Waals surface area contributed by atoms with Crippen molar-refractivity contribution in [2.75, 3.05) is 7.05 Å². The number of hydrogen-bond acceptors (Lipinski definition) is 2. The van der Waals surface area contributed by atoms with E-state index in [4.69, 9.17) is 5.11 Å². The molecule has 0 amide bonds. The van der Waals surface area contributed by atoms with E-state index in [0.717, 1.165) is 6.07 Å². The Hall–Kier alpha value is -1.56. The molecule has 17 heavy (non-hydrogen) atoms.